The molecule has 1 aromatic carbocycles. The van der Waals surface area contributed by atoms with E-state index < -0.39 is 0 Å². The third-order valence-electron chi connectivity index (χ3n) is 3.40. The normalized spacial score (nSPS) is 17.2. The molecule has 0 spiro atoms. The molecule has 0 saturated carbocycles. The van der Waals surface area contributed by atoms with E-state index in [1.54, 1.807) is 11.1 Å². The lowest BCUT2D eigenvalue weighted by Crippen LogP contribution is -2.40. The van der Waals surface area contributed by atoms with Crippen molar-refractivity contribution in [2.45, 2.75) is 19.4 Å². The van der Waals surface area contributed by atoms with Crippen LogP contribution in [0, 0.1) is 0 Å². The number of carbonyl (C=O) groups is 1. The maximum atomic E-state index is 12.1. The molecule has 1 aromatic heterocycles. The Kier molecular flexibility index (Phi) is 3.37. The smallest absolute Gasteiger partial charge is 0.228 e. The van der Waals surface area contributed by atoms with E-state index in [1.165, 1.54) is 0 Å². The highest BCUT2D eigenvalue weighted by molar-refractivity contribution is 5.94. The summed E-state index contributed by atoms with van der Waals surface area (Å²) in [7, 11) is 0. The Labute approximate surface area is 118 Å². The maximum absolute atomic E-state index is 12.1. The average molecular weight is 268 g/mol. The molecule has 2 heterocycles. The van der Waals surface area contributed by atoms with Crippen molar-refractivity contribution in [2.24, 2.45) is 0 Å². The van der Waals surface area contributed by atoms with Gasteiger partial charge in [0.05, 0.1) is 6.54 Å². The minimum atomic E-state index is -0.150. The molecular weight excluding hydrogens is 252 g/mol. The Morgan fingerprint density at radius 1 is 1.30 bits per heavy atom. The molecule has 4 heteroatoms. The number of hydrogen-bond acceptors (Lipinski definition) is 3. The molecule has 1 amide bonds. The summed E-state index contributed by atoms with van der Waals surface area (Å²) < 4.78 is 5.99. The molecule has 0 N–H and O–H groups in total. The maximum Gasteiger partial charge on any atom is 0.228 e. The number of rotatable bonds is 2. The highest BCUT2D eigenvalue weighted by atomic mass is 16.5. The molecule has 0 aliphatic carbocycles. The fourth-order valence-electron chi connectivity index (χ4n) is 2.37. The predicted molar refractivity (Wildman–Crippen MR) is 76.7 cm³/mol. The van der Waals surface area contributed by atoms with Crippen LogP contribution in [0.1, 0.15) is 25.0 Å². The molecule has 2 aromatic rings. The number of hydrogen-bond donors (Lipinski definition) is 0. The number of benzene rings is 1. The van der Waals surface area contributed by atoms with Crippen molar-refractivity contribution < 1.29 is 9.53 Å². The second-order valence-electron chi connectivity index (χ2n) is 4.70. The summed E-state index contributed by atoms with van der Waals surface area (Å²) >= 11 is 0. The van der Waals surface area contributed by atoms with E-state index in [0.717, 1.165) is 5.56 Å². The van der Waals surface area contributed by atoms with Crippen LogP contribution in [0.2, 0.25) is 0 Å². The largest absolute Gasteiger partial charge is 0.480 e. The first-order chi connectivity index (χ1) is 9.79. The Hall–Kier alpha value is -2.36. The summed E-state index contributed by atoms with van der Waals surface area (Å²) in [4.78, 5) is 18.1. The van der Waals surface area contributed by atoms with Gasteiger partial charge in [-0.05, 0) is 17.7 Å². The molecule has 1 atom stereocenters. The van der Waals surface area contributed by atoms with Gasteiger partial charge in [-0.25, -0.2) is 4.98 Å². The molecule has 1 aliphatic heterocycles. The monoisotopic (exact) mass is 268 g/mol. The van der Waals surface area contributed by atoms with Crippen LogP contribution in [0.15, 0.2) is 48.7 Å². The lowest BCUT2D eigenvalue weighted by molar-refractivity contribution is -0.118. The zero-order valence-electron chi connectivity index (χ0n) is 11.3. The second-order valence-corrected chi connectivity index (χ2v) is 4.70. The van der Waals surface area contributed by atoms with Gasteiger partial charge in [0.15, 0.2) is 11.6 Å². The van der Waals surface area contributed by atoms with Gasteiger partial charge in [-0.3, -0.25) is 9.69 Å². The Morgan fingerprint density at radius 3 is 2.85 bits per heavy atom. The van der Waals surface area contributed by atoms with Gasteiger partial charge in [-0.2, -0.15) is 0 Å². The number of ether oxygens (including phenoxy) is 1. The van der Waals surface area contributed by atoms with Crippen LogP contribution in [0.25, 0.3) is 0 Å². The van der Waals surface area contributed by atoms with E-state index >= 15 is 0 Å². The van der Waals surface area contributed by atoms with E-state index in [1.807, 2.05) is 49.4 Å². The molecule has 0 saturated heterocycles. The van der Waals surface area contributed by atoms with Crippen LogP contribution in [-0.4, -0.2) is 17.4 Å². The van der Waals surface area contributed by atoms with E-state index in [9.17, 15) is 4.79 Å². The minimum absolute atomic E-state index is 0.0641. The van der Waals surface area contributed by atoms with Crippen LogP contribution in [0.3, 0.4) is 0 Å². The van der Waals surface area contributed by atoms with Gasteiger partial charge in [-0.1, -0.05) is 37.3 Å². The highest BCUT2D eigenvalue weighted by Gasteiger charge is 2.30. The molecular formula is C16H16N2O2. The SMILES string of the molecule is CCC(=O)N1CC(c2ccccc2)Oc2cccnc21. The zero-order chi connectivity index (χ0) is 13.9. The van der Waals surface area contributed by atoms with Gasteiger partial charge in [0, 0.05) is 12.6 Å². The van der Waals surface area contributed by atoms with E-state index in [0.29, 0.717) is 24.5 Å². The molecule has 0 bridgehead atoms. The van der Waals surface area contributed by atoms with Crippen molar-refractivity contribution in [3.8, 4) is 5.75 Å². The van der Waals surface area contributed by atoms with Crippen molar-refractivity contribution in [3.63, 3.8) is 0 Å². The van der Waals surface area contributed by atoms with Crippen molar-refractivity contribution in [1.29, 1.82) is 0 Å². The van der Waals surface area contributed by atoms with E-state index in [2.05, 4.69) is 4.98 Å². The van der Waals surface area contributed by atoms with Gasteiger partial charge in [0.2, 0.25) is 5.91 Å². The van der Waals surface area contributed by atoms with Crippen molar-refractivity contribution in [2.75, 3.05) is 11.4 Å². The zero-order valence-corrected chi connectivity index (χ0v) is 11.3. The average Bonchev–Trinajstić information content (AvgIpc) is 2.54. The van der Waals surface area contributed by atoms with E-state index in [4.69, 9.17) is 4.74 Å². The topological polar surface area (TPSA) is 42.4 Å². The number of nitrogens with zero attached hydrogens (tertiary/aromatic N) is 2. The lowest BCUT2D eigenvalue weighted by atomic mass is 10.1. The third kappa shape index (κ3) is 2.25. The molecule has 20 heavy (non-hydrogen) atoms. The Bertz CT molecular complexity index is 613. The fourth-order valence-corrected chi connectivity index (χ4v) is 2.37. The first-order valence-corrected chi connectivity index (χ1v) is 6.76. The number of pyridine rings is 1. The predicted octanol–water partition coefficient (Wildman–Crippen LogP) is 2.96. The van der Waals surface area contributed by atoms with Crippen LogP contribution < -0.4 is 9.64 Å². The van der Waals surface area contributed by atoms with Crippen LogP contribution >= 0.6 is 0 Å². The van der Waals surface area contributed by atoms with E-state index in [-0.39, 0.29) is 12.0 Å². The summed E-state index contributed by atoms with van der Waals surface area (Å²) in [6.45, 7) is 2.36. The van der Waals surface area contributed by atoms with Crippen molar-refractivity contribution in [3.05, 3.63) is 54.2 Å². The Balaban J connectivity index is 1.98. The van der Waals surface area contributed by atoms with Crippen LogP contribution in [0.5, 0.6) is 5.75 Å². The Morgan fingerprint density at radius 2 is 2.10 bits per heavy atom. The van der Waals surface area contributed by atoms with Gasteiger partial charge in [0.25, 0.3) is 0 Å². The fraction of sp³-hybridized carbons (Fsp3) is 0.250. The highest BCUT2D eigenvalue weighted by Crippen LogP contribution is 2.36. The molecule has 0 radical (unpaired) electrons. The number of carbonyl (C=O) groups excluding carboxylic acids is 1. The summed E-state index contributed by atoms with van der Waals surface area (Å²) in [6.07, 6.45) is 1.99. The summed E-state index contributed by atoms with van der Waals surface area (Å²) in [6, 6.07) is 13.6. The molecule has 4 nitrogen and oxygen atoms in total. The van der Waals surface area contributed by atoms with Gasteiger partial charge in [-0.15, -0.1) is 0 Å². The van der Waals surface area contributed by atoms with Crippen LogP contribution in [0.4, 0.5) is 5.82 Å². The second kappa shape index (κ2) is 5.33. The third-order valence-corrected chi connectivity index (χ3v) is 3.40. The van der Waals surface area contributed by atoms with Gasteiger partial charge in [0.1, 0.15) is 6.10 Å². The molecule has 3 rings (SSSR count). The number of anilines is 1. The molecule has 1 unspecified atom stereocenters. The van der Waals surface area contributed by atoms with Gasteiger partial charge >= 0.3 is 0 Å². The molecule has 1 aliphatic rings. The van der Waals surface area contributed by atoms with Crippen LogP contribution in [-0.2, 0) is 4.79 Å². The van der Waals surface area contributed by atoms with Gasteiger partial charge < -0.3 is 4.74 Å². The standard InChI is InChI=1S/C16H16N2O2/c1-2-15(19)18-11-14(12-7-4-3-5-8-12)20-13-9-6-10-17-16(13)18/h3-10,14H,2,11H2,1H3. The minimum Gasteiger partial charge on any atom is -0.480 e. The summed E-state index contributed by atoms with van der Waals surface area (Å²) in [5, 5.41) is 0. The first kappa shape index (κ1) is 12.7. The number of aromatic nitrogens is 1. The summed E-state index contributed by atoms with van der Waals surface area (Å²) in [5.74, 6) is 1.34. The van der Waals surface area contributed by atoms with Crippen molar-refractivity contribution >= 4 is 11.7 Å². The van der Waals surface area contributed by atoms with Crippen molar-refractivity contribution in [1.82, 2.24) is 4.98 Å². The molecule has 0 fully saturated rings. The molecule has 102 valence electrons. The summed E-state index contributed by atoms with van der Waals surface area (Å²) in [5.41, 5.74) is 1.07. The first-order valence-electron chi connectivity index (χ1n) is 6.76. The quantitative estimate of drug-likeness (QED) is 0.841. The number of fused-ring (bicyclic) bond motifs is 1. The lowest BCUT2D eigenvalue weighted by Gasteiger charge is -2.33. The number of amides is 1.